The zero-order chi connectivity index (χ0) is 16.8. The number of rotatable bonds is 7. The van der Waals surface area contributed by atoms with E-state index in [1.807, 2.05) is 0 Å². The van der Waals surface area contributed by atoms with E-state index < -0.39 is 15.7 Å². The Morgan fingerprint density at radius 1 is 0.913 bits per heavy atom. The molecule has 0 amide bonds. The maximum atomic E-state index is 13.6. The van der Waals surface area contributed by atoms with Gasteiger partial charge in [0.2, 0.25) is 0 Å². The third kappa shape index (κ3) is 4.37. The van der Waals surface area contributed by atoms with Crippen LogP contribution in [0.1, 0.15) is 0 Å². The van der Waals surface area contributed by atoms with Crippen molar-refractivity contribution in [1.82, 2.24) is 0 Å². The second kappa shape index (κ2) is 7.16. The molecule has 23 heavy (non-hydrogen) atoms. The molecule has 2 aromatic carbocycles. The van der Waals surface area contributed by atoms with Crippen molar-refractivity contribution in [2.75, 3.05) is 13.2 Å². The SMILES string of the molecule is O=[N+]([O-])c1cccc(OCCOc2ccc([N+](=O)[O-])cc2F)c1. The highest BCUT2D eigenvalue weighted by Crippen LogP contribution is 2.23. The van der Waals surface area contributed by atoms with Gasteiger partial charge in [-0.1, -0.05) is 6.07 Å². The summed E-state index contributed by atoms with van der Waals surface area (Å²) in [5.74, 6) is -0.709. The quantitative estimate of drug-likeness (QED) is 0.440. The van der Waals surface area contributed by atoms with E-state index >= 15 is 0 Å². The summed E-state index contributed by atoms with van der Waals surface area (Å²) < 4.78 is 23.9. The van der Waals surface area contributed by atoms with Gasteiger partial charge >= 0.3 is 0 Å². The normalized spacial score (nSPS) is 10.1. The molecule has 2 rings (SSSR count). The fourth-order valence-electron chi connectivity index (χ4n) is 1.72. The number of hydrogen-bond acceptors (Lipinski definition) is 6. The van der Waals surface area contributed by atoms with Crippen LogP contribution in [-0.2, 0) is 0 Å². The molecule has 0 aromatic heterocycles. The molecule has 0 radical (unpaired) electrons. The number of nitro groups is 2. The molecule has 0 saturated carbocycles. The van der Waals surface area contributed by atoms with Crippen molar-refractivity contribution in [3.05, 3.63) is 68.5 Å². The number of ether oxygens (including phenoxy) is 2. The lowest BCUT2D eigenvalue weighted by Gasteiger charge is -2.08. The van der Waals surface area contributed by atoms with Gasteiger partial charge in [-0.15, -0.1) is 0 Å². The molecule has 0 N–H and O–H groups in total. The Hall–Kier alpha value is -3.23. The van der Waals surface area contributed by atoms with E-state index in [2.05, 4.69) is 0 Å². The van der Waals surface area contributed by atoms with Crippen LogP contribution in [0.2, 0.25) is 0 Å². The lowest BCUT2D eigenvalue weighted by atomic mass is 10.3. The minimum Gasteiger partial charge on any atom is -0.490 e. The lowest BCUT2D eigenvalue weighted by Crippen LogP contribution is -2.10. The topological polar surface area (TPSA) is 105 Å². The number of hydrogen-bond donors (Lipinski definition) is 0. The third-order valence-electron chi connectivity index (χ3n) is 2.76. The van der Waals surface area contributed by atoms with Crippen LogP contribution < -0.4 is 9.47 Å². The largest absolute Gasteiger partial charge is 0.490 e. The summed E-state index contributed by atoms with van der Waals surface area (Å²) in [5.41, 5.74) is -0.479. The molecule has 0 aliphatic heterocycles. The fourth-order valence-corrected chi connectivity index (χ4v) is 1.72. The summed E-state index contributed by atoms with van der Waals surface area (Å²) in [5, 5.41) is 21.1. The molecule has 0 fully saturated rings. The minimum atomic E-state index is -0.852. The zero-order valence-corrected chi connectivity index (χ0v) is 11.7. The molecule has 0 unspecified atom stereocenters. The van der Waals surface area contributed by atoms with Crippen LogP contribution in [0, 0.1) is 26.0 Å². The monoisotopic (exact) mass is 322 g/mol. The van der Waals surface area contributed by atoms with Crippen molar-refractivity contribution in [1.29, 1.82) is 0 Å². The number of benzene rings is 2. The molecular formula is C14H11FN2O6. The Morgan fingerprint density at radius 3 is 2.22 bits per heavy atom. The van der Waals surface area contributed by atoms with Gasteiger partial charge in [-0.3, -0.25) is 20.2 Å². The average Bonchev–Trinajstić information content (AvgIpc) is 2.52. The van der Waals surface area contributed by atoms with Crippen LogP contribution in [-0.4, -0.2) is 23.1 Å². The molecule has 0 aliphatic rings. The van der Waals surface area contributed by atoms with Gasteiger partial charge in [0.25, 0.3) is 11.4 Å². The van der Waals surface area contributed by atoms with Crippen LogP contribution in [0.25, 0.3) is 0 Å². The number of nitrogens with zero attached hydrogens (tertiary/aromatic N) is 2. The molecule has 0 saturated heterocycles. The summed E-state index contributed by atoms with van der Waals surface area (Å²) in [7, 11) is 0. The highest BCUT2D eigenvalue weighted by Gasteiger charge is 2.11. The molecule has 0 bridgehead atoms. The summed E-state index contributed by atoms with van der Waals surface area (Å²) in [6, 6.07) is 8.64. The first-order chi connectivity index (χ1) is 11.0. The fraction of sp³-hybridized carbons (Fsp3) is 0.143. The lowest BCUT2D eigenvalue weighted by molar-refractivity contribution is -0.385. The Morgan fingerprint density at radius 2 is 1.57 bits per heavy atom. The van der Waals surface area contributed by atoms with Crippen LogP contribution in [0.3, 0.4) is 0 Å². The van der Waals surface area contributed by atoms with Crippen molar-refractivity contribution in [3.63, 3.8) is 0 Å². The van der Waals surface area contributed by atoms with Gasteiger partial charge < -0.3 is 9.47 Å². The first-order valence-electron chi connectivity index (χ1n) is 6.41. The summed E-state index contributed by atoms with van der Waals surface area (Å²) in [6.07, 6.45) is 0. The first-order valence-corrected chi connectivity index (χ1v) is 6.41. The standard InChI is InChI=1S/C14H11FN2O6/c15-13-9-11(17(20)21)4-5-14(13)23-7-6-22-12-3-1-2-10(8-12)16(18)19/h1-5,8-9H,6-7H2. The summed E-state index contributed by atoms with van der Waals surface area (Å²) >= 11 is 0. The Labute approximate surface area is 129 Å². The van der Waals surface area contributed by atoms with E-state index in [-0.39, 0.29) is 36.1 Å². The number of halogens is 1. The van der Waals surface area contributed by atoms with E-state index in [4.69, 9.17) is 9.47 Å². The van der Waals surface area contributed by atoms with Gasteiger partial charge in [0.05, 0.1) is 22.0 Å². The third-order valence-corrected chi connectivity index (χ3v) is 2.76. The molecular weight excluding hydrogens is 311 g/mol. The van der Waals surface area contributed by atoms with Gasteiger partial charge in [0.1, 0.15) is 19.0 Å². The van der Waals surface area contributed by atoms with E-state index in [0.717, 1.165) is 18.2 Å². The average molecular weight is 322 g/mol. The molecule has 0 heterocycles. The van der Waals surface area contributed by atoms with Gasteiger partial charge in [-0.05, 0) is 12.1 Å². The van der Waals surface area contributed by atoms with Crippen LogP contribution in [0.5, 0.6) is 11.5 Å². The maximum Gasteiger partial charge on any atom is 0.273 e. The Kier molecular flexibility index (Phi) is 5.03. The number of non-ortho nitro benzene ring substituents is 2. The molecule has 2 aromatic rings. The van der Waals surface area contributed by atoms with Gasteiger partial charge in [0.15, 0.2) is 11.6 Å². The van der Waals surface area contributed by atoms with Gasteiger partial charge in [-0.2, -0.15) is 0 Å². The van der Waals surface area contributed by atoms with Crippen molar-refractivity contribution in [2.24, 2.45) is 0 Å². The van der Waals surface area contributed by atoms with Crippen LogP contribution in [0.4, 0.5) is 15.8 Å². The van der Waals surface area contributed by atoms with Crippen LogP contribution in [0.15, 0.2) is 42.5 Å². The molecule has 0 aliphatic carbocycles. The predicted octanol–water partition coefficient (Wildman–Crippen LogP) is 3.10. The van der Waals surface area contributed by atoms with Gasteiger partial charge in [-0.25, -0.2) is 4.39 Å². The first kappa shape index (κ1) is 16.1. The second-order valence-electron chi connectivity index (χ2n) is 4.32. The van der Waals surface area contributed by atoms with Crippen molar-refractivity contribution in [2.45, 2.75) is 0 Å². The molecule has 0 spiro atoms. The summed E-state index contributed by atoms with van der Waals surface area (Å²) in [6.45, 7) is -0.00494. The summed E-state index contributed by atoms with van der Waals surface area (Å²) in [4.78, 5) is 19.8. The van der Waals surface area contributed by atoms with Crippen molar-refractivity contribution >= 4 is 11.4 Å². The predicted molar refractivity (Wildman–Crippen MR) is 77.1 cm³/mol. The maximum absolute atomic E-state index is 13.6. The Bertz CT molecular complexity index is 737. The molecule has 0 atom stereocenters. The van der Waals surface area contributed by atoms with E-state index in [9.17, 15) is 24.6 Å². The van der Waals surface area contributed by atoms with Crippen molar-refractivity contribution in [3.8, 4) is 11.5 Å². The second-order valence-corrected chi connectivity index (χ2v) is 4.32. The smallest absolute Gasteiger partial charge is 0.273 e. The van der Waals surface area contributed by atoms with E-state index in [1.165, 1.54) is 18.2 Å². The highest BCUT2D eigenvalue weighted by molar-refractivity contribution is 5.38. The molecule has 8 nitrogen and oxygen atoms in total. The van der Waals surface area contributed by atoms with E-state index in [1.54, 1.807) is 6.07 Å². The molecule has 9 heteroatoms. The Balaban J connectivity index is 1.87. The van der Waals surface area contributed by atoms with Crippen LogP contribution >= 0.6 is 0 Å². The minimum absolute atomic E-state index is 0.0254. The van der Waals surface area contributed by atoms with E-state index in [0.29, 0.717) is 0 Å². The number of nitro benzene ring substituents is 2. The van der Waals surface area contributed by atoms with Gasteiger partial charge in [0, 0.05) is 12.1 Å². The zero-order valence-electron chi connectivity index (χ0n) is 11.7. The molecule has 120 valence electrons. The highest BCUT2D eigenvalue weighted by atomic mass is 19.1. The van der Waals surface area contributed by atoms with Crippen molar-refractivity contribution < 1.29 is 23.7 Å².